The average Bonchev–Trinajstić information content (AvgIpc) is 2.83. The Hall–Kier alpha value is -2.41. The van der Waals surface area contributed by atoms with Gasteiger partial charge in [0, 0.05) is 11.6 Å². The molecule has 120 valence electrons. The Morgan fingerprint density at radius 2 is 1.96 bits per heavy atom. The van der Waals surface area contributed by atoms with Crippen molar-refractivity contribution >= 4 is 21.7 Å². The highest BCUT2D eigenvalue weighted by Crippen LogP contribution is 2.36. The van der Waals surface area contributed by atoms with Crippen LogP contribution in [0.3, 0.4) is 0 Å². The van der Waals surface area contributed by atoms with Gasteiger partial charge in [-0.3, -0.25) is 4.31 Å². The fourth-order valence-electron chi connectivity index (χ4n) is 2.84. The van der Waals surface area contributed by atoms with Crippen LogP contribution in [0.25, 0.3) is 0 Å². The molecule has 0 fully saturated rings. The Bertz CT molecular complexity index is 895. The molecular formula is C16H13FNO4S-. The number of halogens is 1. The van der Waals surface area contributed by atoms with Crippen LogP contribution in [0, 0.1) is 5.82 Å². The summed E-state index contributed by atoms with van der Waals surface area (Å²) in [6, 6.07) is 9.47. The minimum atomic E-state index is -4.00. The molecule has 7 heteroatoms. The number of fused-ring (bicyclic) bond motifs is 1. The first-order valence-corrected chi connectivity index (χ1v) is 8.39. The first-order chi connectivity index (χ1) is 10.8. The van der Waals surface area contributed by atoms with Crippen LogP contribution in [-0.4, -0.2) is 20.4 Å². The number of carbonyl (C=O) groups excluding carboxylic acids is 1. The van der Waals surface area contributed by atoms with E-state index in [2.05, 4.69) is 0 Å². The highest BCUT2D eigenvalue weighted by atomic mass is 32.2. The Kier molecular flexibility index (Phi) is 3.60. The van der Waals surface area contributed by atoms with E-state index in [1.54, 1.807) is 19.1 Å². The summed E-state index contributed by atoms with van der Waals surface area (Å²) in [4.78, 5) is 10.6. The molecule has 3 rings (SSSR count). The molecule has 0 aromatic heterocycles. The van der Waals surface area contributed by atoms with E-state index in [1.807, 2.05) is 12.1 Å². The number of benzene rings is 2. The third-order valence-corrected chi connectivity index (χ3v) is 5.78. The summed E-state index contributed by atoms with van der Waals surface area (Å²) in [7, 11) is -4.00. The molecule has 1 atom stereocenters. The van der Waals surface area contributed by atoms with Crippen molar-refractivity contribution in [1.82, 2.24) is 0 Å². The quantitative estimate of drug-likeness (QED) is 0.848. The van der Waals surface area contributed by atoms with Crippen LogP contribution in [0.5, 0.6) is 0 Å². The summed E-state index contributed by atoms with van der Waals surface area (Å²) in [5.74, 6) is -2.78. The van der Waals surface area contributed by atoms with Crippen LogP contribution < -0.4 is 9.41 Å². The van der Waals surface area contributed by atoms with Gasteiger partial charge in [0.2, 0.25) is 0 Å². The fourth-order valence-corrected chi connectivity index (χ4v) is 4.56. The van der Waals surface area contributed by atoms with E-state index >= 15 is 0 Å². The maximum Gasteiger partial charge on any atom is 0.264 e. The number of para-hydroxylation sites is 1. The Labute approximate surface area is 133 Å². The van der Waals surface area contributed by atoms with Crippen LogP contribution in [0.15, 0.2) is 47.4 Å². The molecular weight excluding hydrogens is 321 g/mol. The predicted molar refractivity (Wildman–Crippen MR) is 80.0 cm³/mol. The topological polar surface area (TPSA) is 77.5 Å². The zero-order valence-corrected chi connectivity index (χ0v) is 13.0. The van der Waals surface area contributed by atoms with Gasteiger partial charge in [-0.2, -0.15) is 0 Å². The summed E-state index contributed by atoms with van der Waals surface area (Å²) < 4.78 is 40.5. The van der Waals surface area contributed by atoms with E-state index in [0.29, 0.717) is 12.1 Å². The molecule has 1 heterocycles. The van der Waals surface area contributed by atoms with E-state index in [1.165, 1.54) is 4.31 Å². The minimum absolute atomic E-state index is 0.276. The highest BCUT2D eigenvalue weighted by Gasteiger charge is 2.36. The van der Waals surface area contributed by atoms with Crippen molar-refractivity contribution in [2.75, 3.05) is 4.31 Å². The summed E-state index contributed by atoms with van der Waals surface area (Å²) in [6.07, 6.45) is 0.559. The molecule has 2 aromatic carbocycles. The zero-order valence-electron chi connectivity index (χ0n) is 12.2. The molecule has 0 amide bonds. The molecule has 0 unspecified atom stereocenters. The lowest BCUT2D eigenvalue weighted by Crippen LogP contribution is -2.36. The number of nitrogens with zero attached hydrogens (tertiary/aromatic N) is 1. The van der Waals surface area contributed by atoms with Gasteiger partial charge in [0.25, 0.3) is 10.0 Å². The van der Waals surface area contributed by atoms with E-state index in [9.17, 15) is 22.7 Å². The van der Waals surface area contributed by atoms with Crippen molar-refractivity contribution in [2.45, 2.75) is 24.3 Å². The molecule has 0 N–H and O–H groups in total. The predicted octanol–water partition coefficient (Wildman–Crippen LogP) is 1.33. The van der Waals surface area contributed by atoms with Crippen molar-refractivity contribution < 1.29 is 22.7 Å². The second-order valence-electron chi connectivity index (χ2n) is 5.41. The Morgan fingerprint density at radius 3 is 2.65 bits per heavy atom. The number of hydrogen-bond donors (Lipinski definition) is 0. The molecule has 0 saturated carbocycles. The van der Waals surface area contributed by atoms with Gasteiger partial charge in [-0.15, -0.1) is 0 Å². The number of rotatable bonds is 3. The SMILES string of the molecule is C[C@H]1Cc2ccccc2N1S(=O)(=O)c1ccc(F)c(C(=O)[O-])c1. The average molecular weight is 334 g/mol. The van der Waals surface area contributed by atoms with Gasteiger partial charge in [0.05, 0.1) is 16.6 Å². The number of anilines is 1. The first-order valence-electron chi connectivity index (χ1n) is 6.95. The van der Waals surface area contributed by atoms with Crippen molar-refractivity contribution in [1.29, 1.82) is 0 Å². The molecule has 0 saturated heterocycles. The van der Waals surface area contributed by atoms with Crippen LogP contribution in [0.4, 0.5) is 10.1 Å². The minimum Gasteiger partial charge on any atom is -0.545 e. The maximum absolute atomic E-state index is 13.5. The number of sulfonamides is 1. The lowest BCUT2D eigenvalue weighted by Gasteiger charge is -2.24. The first kappa shape index (κ1) is 15.5. The summed E-state index contributed by atoms with van der Waals surface area (Å²) in [6.45, 7) is 1.76. The van der Waals surface area contributed by atoms with Gasteiger partial charge in [-0.25, -0.2) is 12.8 Å². The van der Waals surface area contributed by atoms with Crippen LogP contribution in [-0.2, 0) is 16.4 Å². The number of aromatic carboxylic acids is 1. The van der Waals surface area contributed by atoms with Crippen molar-refractivity contribution in [3.63, 3.8) is 0 Å². The molecule has 1 aliphatic heterocycles. The van der Waals surface area contributed by atoms with Crippen molar-refractivity contribution in [2.24, 2.45) is 0 Å². The largest absolute Gasteiger partial charge is 0.545 e. The lowest BCUT2D eigenvalue weighted by atomic mass is 10.1. The van der Waals surface area contributed by atoms with E-state index < -0.39 is 27.4 Å². The van der Waals surface area contributed by atoms with Gasteiger partial charge in [-0.1, -0.05) is 18.2 Å². The molecule has 1 aliphatic rings. The summed E-state index contributed by atoms with van der Waals surface area (Å²) in [5.41, 5.74) is 0.677. The molecule has 0 radical (unpaired) electrons. The second kappa shape index (κ2) is 5.34. The van der Waals surface area contributed by atoms with Gasteiger partial charge >= 0.3 is 0 Å². The molecule has 0 spiro atoms. The fraction of sp³-hybridized carbons (Fsp3) is 0.188. The zero-order chi connectivity index (χ0) is 16.8. The normalized spacial score (nSPS) is 17.1. The van der Waals surface area contributed by atoms with Crippen molar-refractivity contribution in [3.8, 4) is 0 Å². The standard InChI is InChI=1S/C16H14FNO4S/c1-10-8-11-4-2-3-5-15(11)18(10)23(21,22)12-6-7-14(17)13(9-12)16(19)20/h2-7,9-10H,8H2,1H3,(H,19,20)/p-1/t10-/m0/s1. The smallest absolute Gasteiger partial charge is 0.264 e. The van der Waals surface area contributed by atoms with E-state index in [-0.39, 0.29) is 10.9 Å². The number of carbonyl (C=O) groups is 1. The molecule has 5 nitrogen and oxygen atoms in total. The molecule has 2 aromatic rings. The van der Waals surface area contributed by atoms with E-state index in [0.717, 1.165) is 23.8 Å². The van der Waals surface area contributed by atoms with Crippen molar-refractivity contribution in [3.05, 3.63) is 59.4 Å². The number of carboxylic acid groups (broad SMARTS) is 1. The number of hydrogen-bond acceptors (Lipinski definition) is 4. The third-order valence-electron chi connectivity index (χ3n) is 3.86. The highest BCUT2D eigenvalue weighted by molar-refractivity contribution is 7.92. The van der Waals surface area contributed by atoms with Crippen LogP contribution in [0.1, 0.15) is 22.8 Å². The summed E-state index contributed by atoms with van der Waals surface area (Å²) >= 11 is 0. The molecule has 0 aliphatic carbocycles. The third kappa shape index (κ3) is 2.46. The van der Waals surface area contributed by atoms with Gasteiger partial charge in [0.15, 0.2) is 0 Å². The lowest BCUT2D eigenvalue weighted by molar-refractivity contribution is -0.255. The van der Waals surface area contributed by atoms with E-state index in [4.69, 9.17) is 0 Å². The Morgan fingerprint density at radius 1 is 1.26 bits per heavy atom. The molecule has 0 bridgehead atoms. The second-order valence-corrected chi connectivity index (χ2v) is 7.23. The maximum atomic E-state index is 13.5. The van der Waals surface area contributed by atoms with Crippen LogP contribution >= 0.6 is 0 Å². The number of carboxylic acids is 1. The van der Waals surface area contributed by atoms with Gasteiger partial charge < -0.3 is 9.90 Å². The monoisotopic (exact) mass is 334 g/mol. The van der Waals surface area contributed by atoms with Gasteiger partial charge in [-0.05, 0) is 43.2 Å². The van der Waals surface area contributed by atoms with Gasteiger partial charge in [0.1, 0.15) is 5.82 Å². The Balaban J connectivity index is 2.13. The summed E-state index contributed by atoms with van der Waals surface area (Å²) in [5, 5.41) is 10.9. The molecule has 23 heavy (non-hydrogen) atoms. The van der Waals surface area contributed by atoms with Crippen LogP contribution in [0.2, 0.25) is 0 Å².